The minimum absolute atomic E-state index is 1.22. The van der Waals surface area contributed by atoms with Gasteiger partial charge < -0.3 is 0 Å². The molecule has 3 rings (SSSR count). The van der Waals surface area contributed by atoms with Crippen molar-refractivity contribution in [2.24, 2.45) is 0 Å². The highest BCUT2D eigenvalue weighted by Crippen LogP contribution is 2.43. The van der Waals surface area contributed by atoms with Gasteiger partial charge in [0, 0.05) is 11.8 Å². The summed E-state index contributed by atoms with van der Waals surface area (Å²) in [4.78, 5) is 0. The highest BCUT2D eigenvalue weighted by Gasteiger charge is 2.29. The van der Waals surface area contributed by atoms with Gasteiger partial charge in [0.25, 0.3) is 0 Å². The van der Waals surface area contributed by atoms with Crippen LogP contribution in [0.4, 0.5) is 0 Å². The molecule has 0 N–H and O–H groups in total. The summed E-state index contributed by atoms with van der Waals surface area (Å²) in [5, 5.41) is 2.23. The topological polar surface area (TPSA) is 0 Å². The Bertz CT molecular complexity index is 514. The summed E-state index contributed by atoms with van der Waals surface area (Å²) in [6.45, 7) is 0. The number of allylic oxidation sites excluding steroid dienone is 2. The number of benzene rings is 1. The van der Waals surface area contributed by atoms with E-state index < -0.39 is 0 Å². The molecule has 0 amide bonds. The van der Waals surface area contributed by atoms with Crippen LogP contribution >= 0.6 is 11.8 Å². The molecule has 1 aromatic carbocycles. The molecular weight excluding hydrogens is 284 g/mol. The summed E-state index contributed by atoms with van der Waals surface area (Å²) in [5.74, 6) is 2.52. The SMILES string of the molecule is CS/C=C([C]1[CH][CH][CH][CH]1)/C(=C\c1ccccc1)[C]1[CH][CH][CH][CH]1. The minimum atomic E-state index is 1.22. The van der Waals surface area contributed by atoms with Gasteiger partial charge in [0.2, 0.25) is 0 Å². The maximum absolute atomic E-state index is 2.27. The van der Waals surface area contributed by atoms with E-state index in [1.54, 1.807) is 11.8 Å². The maximum atomic E-state index is 2.27. The van der Waals surface area contributed by atoms with Gasteiger partial charge >= 0.3 is 0 Å². The fourth-order valence-electron chi connectivity index (χ4n) is 2.54. The lowest BCUT2D eigenvalue weighted by molar-refractivity contribution is 1.19. The summed E-state index contributed by atoms with van der Waals surface area (Å²) in [6.07, 6.45) is 21.4. The number of hydrogen-bond donors (Lipinski definition) is 0. The van der Waals surface area contributed by atoms with Crippen molar-refractivity contribution in [1.29, 1.82) is 0 Å². The summed E-state index contributed by atoms with van der Waals surface area (Å²) >= 11 is 1.74. The lowest BCUT2D eigenvalue weighted by Gasteiger charge is -2.22. The number of hydrogen-bond acceptors (Lipinski definition) is 1. The molecule has 0 saturated heterocycles. The van der Waals surface area contributed by atoms with Gasteiger partial charge in [-0.1, -0.05) is 36.4 Å². The lowest BCUT2D eigenvalue weighted by atomic mass is 9.83. The van der Waals surface area contributed by atoms with Crippen LogP contribution in [0.1, 0.15) is 5.56 Å². The molecule has 0 aliphatic heterocycles. The van der Waals surface area contributed by atoms with Crippen molar-refractivity contribution in [3.8, 4) is 0 Å². The van der Waals surface area contributed by atoms with Crippen LogP contribution in [-0.2, 0) is 0 Å². The lowest BCUT2D eigenvalue weighted by Crippen LogP contribution is -2.07. The summed E-state index contributed by atoms with van der Waals surface area (Å²) < 4.78 is 0. The molecule has 0 aromatic heterocycles. The second-order valence-electron chi connectivity index (χ2n) is 5.08. The van der Waals surface area contributed by atoms with E-state index in [9.17, 15) is 0 Å². The average molecular weight is 302 g/mol. The summed E-state index contributed by atoms with van der Waals surface area (Å²) in [6, 6.07) is 10.5. The van der Waals surface area contributed by atoms with Crippen LogP contribution in [-0.4, -0.2) is 6.26 Å². The van der Waals surface area contributed by atoms with Crippen LogP contribution in [0.25, 0.3) is 6.08 Å². The molecule has 1 heteroatoms. The molecule has 0 spiro atoms. The average Bonchev–Trinajstić information content (AvgIpc) is 3.24. The van der Waals surface area contributed by atoms with E-state index in [0.29, 0.717) is 0 Å². The predicted octanol–water partition coefficient (Wildman–Crippen LogP) is 5.13. The first-order chi connectivity index (χ1) is 10.9. The third-order valence-corrected chi connectivity index (χ3v) is 4.06. The van der Waals surface area contributed by atoms with Crippen molar-refractivity contribution in [2.75, 3.05) is 6.26 Å². The Labute approximate surface area is 140 Å². The van der Waals surface area contributed by atoms with Gasteiger partial charge in [0.1, 0.15) is 0 Å². The molecular formula is C21H18S. The normalized spacial score (nSPS) is 21.7. The third-order valence-electron chi connectivity index (χ3n) is 3.58. The number of thioether (sulfide) groups is 1. The molecule has 0 atom stereocenters. The second-order valence-corrected chi connectivity index (χ2v) is 5.79. The molecule has 1 aromatic rings. The van der Waals surface area contributed by atoms with Crippen molar-refractivity contribution in [3.63, 3.8) is 0 Å². The van der Waals surface area contributed by atoms with E-state index in [1.165, 1.54) is 28.5 Å². The van der Waals surface area contributed by atoms with Gasteiger partial charge in [-0.05, 0) is 79.7 Å². The van der Waals surface area contributed by atoms with Gasteiger partial charge in [0.05, 0.1) is 0 Å². The molecule has 0 nitrogen and oxygen atoms in total. The monoisotopic (exact) mass is 302 g/mol. The van der Waals surface area contributed by atoms with Crippen molar-refractivity contribution in [2.45, 2.75) is 0 Å². The zero-order valence-electron chi connectivity index (χ0n) is 12.6. The minimum Gasteiger partial charge on any atom is -0.137 e. The van der Waals surface area contributed by atoms with Crippen LogP contribution < -0.4 is 0 Å². The van der Waals surface area contributed by atoms with Crippen molar-refractivity contribution in [3.05, 3.63) is 116 Å². The molecule has 0 unspecified atom stereocenters. The maximum Gasteiger partial charge on any atom is 0.0132 e. The Morgan fingerprint density at radius 3 is 1.86 bits per heavy atom. The predicted molar refractivity (Wildman–Crippen MR) is 96.9 cm³/mol. The van der Waals surface area contributed by atoms with Crippen LogP contribution in [0, 0.1) is 63.2 Å². The van der Waals surface area contributed by atoms with Crippen LogP contribution in [0.3, 0.4) is 0 Å². The van der Waals surface area contributed by atoms with Crippen molar-refractivity contribution >= 4 is 17.8 Å². The van der Waals surface area contributed by atoms with E-state index in [1.807, 2.05) is 0 Å². The van der Waals surface area contributed by atoms with Gasteiger partial charge in [-0.25, -0.2) is 0 Å². The Morgan fingerprint density at radius 2 is 1.32 bits per heavy atom. The highest BCUT2D eigenvalue weighted by atomic mass is 32.2. The van der Waals surface area contributed by atoms with Crippen LogP contribution in [0.15, 0.2) is 46.9 Å². The smallest absolute Gasteiger partial charge is 0.0132 e. The van der Waals surface area contributed by atoms with E-state index in [2.05, 4.69) is 99.4 Å². The second kappa shape index (κ2) is 8.06. The molecule has 2 aliphatic rings. The largest absolute Gasteiger partial charge is 0.137 e. The van der Waals surface area contributed by atoms with E-state index in [0.717, 1.165) is 0 Å². The standard InChI is InChI=1S/C21H18S/c1-22-16-21(19-13-7-8-14-19)20(18-11-5-6-12-18)15-17-9-3-2-4-10-17/h2-16H,1H3/b20-15-,21-16+. The summed E-state index contributed by atoms with van der Waals surface area (Å²) in [7, 11) is 0. The molecule has 2 saturated carbocycles. The van der Waals surface area contributed by atoms with Crippen molar-refractivity contribution < 1.29 is 0 Å². The zero-order chi connectivity index (χ0) is 15.2. The van der Waals surface area contributed by atoms with Crippen molar-refractivity contribution in [1.82, 2.24) is 0 Å². The van der Waals surface area contributed by atoms with Crippen LogP contribution in [0.2, 0.25) is 0 Å². The third kappa shape index (κ3) is 3.87. The summed E-state index contributed by atoms with van der Waals surface area (Å²) in [5.41, 5.74) is 3.75. The molecule has 0 bridgehead atoms. The zero-order valence-corrected chi connectivity index (χ0v) is 13.4. The first kappa shape index (κ1) is 15.9. The van der Waals surface area contributed by atoms with Gasteiger partial charge in [-0.15, -0.1) is 11.8 Å². The quantitative estimate of drug-likeness (QED) is 0.680. The Hall–Kier alpha value is -0.950. The highest BCUT2D eigenvalue weighted by molar-refractivity contribution is 8.01. The fourth-order valence-corrected chi connectivity index (χ4v) is 3.04. The van der Waals surface area contributed by atoms with E-state index in [-0.39, 0.29) is 0 Å². The first-order valence-electron chi connectivity index (χ1n) is 7.33. The fraction of sp³-hybridized carbons (Fsp3) is 0.0476. The molecule has 0 heterocycles. The molecule has 22 heavy (non-hydrogen) atoms. The van der Waals surface area contributed by atoms with Gasteiger partial charge in [-0.2, -0.15) is 0 Å². The Balaban J connectivity index is 1.95. The molecule has 10 radical (unpaired) electrons. The molecule has 2 aliphatic carbocycles. The van der Waals surface area contributed by atoms with Gasteiger partial charge in [0.15, 0.2) is 0 Å². The van der Waals surface area contributed by atoms with Gasteiger partial charge in [-0.3, -0.25) is 0 Å². The Kier molecular flexibility index (Phi) is 5.83. The van der Waals surface area contributed by atoms with Crippen LogP contribution in [0.5, 0.6) is 0 Å². The molecule has 2 fully saturated rings. The Morgan fingerprint density at radius 1 is 0.773 bits per heavy atom. The van der Waals surface area contributed by atoms with E-state index >= 15 is 0 Å². The number of rotatable bonds is 5. The van der Waals surface area contributed by atoms with E-state index in [4.69, 9.17) is 0 Å². The first-order valence-corrected chi connectivity index (χ1v) is 8.61. The molecule has 108 valence electrons.